The molecule has 0 saturated carbocycles. The standard InChI is InChI=1S/C14H22OSi/c1-16(2,13-9-4-3-8-12-15)14-10-6-5-7-11-14/h5-7,9-11,13,15H,3-4,8,12H2,1-2H3/b13-9+/i13D. The fraction of sp³-hybridized carbons (Fsp3) is 0.429. The number of unbranched alkanes of at least 4 members (excludes halogenated alkanes) is 2. The summed E-state index contributed by atoms with van der Waals surface area (Å²) in [6.07, 6.45) is 4.74. The van der Waals surface area contributed by atoms with Crippen LogP contribution in [0.5, 0.6) is 0 Å². The first-order valence-corrected chi connectivity index (χ1v) is 8.92. The van der Waals surface area contributed by atoms with Gasteiger partial charge in [-0.2, -0.15) is 0 Å². The van der Waals surface area contributed by atoms with Crippen LogP contribution in [0.2, 0.25) is 13.1 Å². The molecule has 1 rings (SSSR count). The third-order valence-electron chi connectivity index (χ3n) is 2.71. The Morgan fingerprint density at radius 1 is 1.25 bits per heavy atom. The lowest BCUT2D eigenvalue weighted by Gasteiger charge is -2.18. The van der Waals surface area contributed by atoms with Gasteiger partial charge in [0.1, 0.15) is 8.07 Å². The van der Waals surface area contributed by atoms with Crippen molar-refractivity contribution >= 4 is 13.3 Å². The molecular formula is C14H22OSi. The predicted molar refractivity (Wildman–Crippen MR) is 73.6 cm³/mol. The summed E-state index contributed by atoms with van der Waals surface area (Å²) < 4.78 is 8.21. The molecule has 2 heteroatoms. The maximum absolute atomic E-state index is 8.71. The van der Waals surface area contributed by atoms with Gasteiger partial charge in [-0.25, -0.2) is 0 Å². The minimum atomic E-state index is -1.78. The molecule has 0 spiro atoms. The molecule has 1 nitrogen and oxygen atoms in total. The average molecular weight is 235 g/mol. The Labute approximate surface area is 101 Å². The lowest BCUT2D eigenvalue weighted by Crippen LogP contribution is -2.39. The van der Waals surface area contributed by atoms with Crippen LogP contribution in [-0.4, -0.2) is 19.8 Å². The van der Waals surface area contributed by atoms with Crippen LogP contribution in [0.3, 0.4) is 0 Å². The van der Waals surface area contributed by atoms with E-state index in [1.807, 2.05) is 24.3 Å². The largest absolute Gasteiger partial charge is 0.396 e. The van der Waals surface area contributed by atoms with Gasteiger partial charge < -0.3 is 5.11 Å². The first-order valence-electron chi connectivity index (χ1n) is 6.42. The molecule has 0 aliphatic heterocycles. The highest BCUT2D eigenvalue weighted by Crippen LogP contribution is 2.06. The summed E-state index contributed by atoms with van der Waals surface area (Å²) in [5.41, 5.74) is 0.793. The summed E-state index contributed by atoms with van der Waals surface area (Å²) in [6, 6.07) is 10.4. The van der Waals surface area contributed by atoms with E-state index in [0.29, 0.717) is 0 Å². The zero-order valence-corrected chi connectivity index (χ0v) is 11.2. The van der Waals surface area contributed by atoms with Crippen LogP contribution in [0.15, 0.2) is 42.1 Å². The lowest BCUT2D eigenvalue weighted by molar-refractivity contribution is 0.285. The molecule has 1 N–H and O–H groups in total. The highest BCUT2D eigenvalue weighted by atomic mass is 28.3. The molecule has 0 fully saturated rings. The molecule has 0 aromatic heterocycles. The summed E-state index contributed by atoms with van der Waals surface area (Å²) in [6.45, 7) is 4.68. The Morgan fingerprint density at radius 2 is 1.94 bits per heavy atom. The average Bonchev–Trinajstić information content (AvgIpc) is 2.35. The Morgan fingerprint density at radius 3 is 2.56 bits per heavy atom. The van der Waals surface area contributed by atoms with Gasteiger partial charge in [-0.05, 0) is 19.3 Å². The molecule has 0 bridgehead atoms. The summed E-state index contributed by atoms with van der Waals surface area (Å²) in [5, 5.41) is 10.0. The second-order valence-electron chi connectivity index (χ2n) is 4.56. The molecule has 0 radical (unpaired) electrons. The van der Waals surface area contributed by atoms with Crippen molar-refractivity contribution in [2.45, 2.75) is 32.4 Å². The monoisotopic (exact) mass is 235 g/mol. The first kappa shape index (κ1) is 11.6. The third-order valence-corrected chi connectivity index (χ3v) is 5.42. The van der Waals surface area contributed by atoms with Crippen LogP contribution in [0.1, 0.15) is 20.6 Å². The second-order valence-corrected chi connectivity index (χ2v) is 8.67. The fourth-order valence-corrected chi connectivity index (χ4v) is 3.47. The Hall–Kier alpha value is -0.863. The summed E-state index contributed by atoms with van der Waals surface area (Å²) in [7, 11) is -1.78. The molecule has 0 heterocycles. The summed E-state index contributed by atoms with van der Waals surface area (Å²) >= 11 is 0. The topological polar surface area (TPSA) is 20.2 Å². The van der Waals surface area contributed by atoms with Gasteiger partial charge in [-0.15, -0.1) is 0 Å². The Balaban J connectivity index is 2.69. The number of benzene rings is 1. The number of aliphatic hydroxyl groups excluding tert-OH is 1. The number of hydrogen-bond acceptors (Lipinski definition) is 1. The van der Waals surface area contributed by atoms with Crippen molar-refractivity contribution in [2.24, 2.45) is 0 Å². The summed E-state index contributed by atoms with van der Waals surface area (Å²) in [4.78, 5) is 0. The van der Waals surface area contributed by atoms with E-state index in [4.69, 9.17) is 6.48 Å². The number of hydrogen-bond donors (Lipinski definition) is 1. The van der Waals surface area contributed by atoms with E-state index < -0.39 is 8.07 Å². The number of aliphatic hydroxyl groups is 1. The Kier molecular flexibility index (Phi) is 4.84. The fourth-order valence-electron chi connectivity index (χ4n) is 1.62. The van der Waals surface area contributed by atoms with Crippen LogP contribution < -0.4 is 5.19 Å². The molecule has 0 amide bonds. The smallest absolute Gasteiger partial charge is 0.103 e. The van der Waals surface area contributed by atoms with Crippen molar-refractivity contribution in [1.29, 1.82) is 0 Å². The second kappa shape index (κ2) is 6.66. The molecule has 16 heavy (non-hydrogen) atoms. The minimum absolute atomic E-state index is 0.251. The summed E-state index contributed by atoms with van der Waals surface area (Å²) in [5.74, 6) is 0. The molecule has 1 aromatic rings. The van der Waals surface area contributed by atoms with Crippen LogP contribution in [0.4, 0.5) is 0 Å². The third kappa shape index (κ3) is 4.33. The van der Waals surface area contributed by atoms with Crippen molar-refractivity contribution in [2.75, 3.05) is 6.61 Å². The van der Waals surface area contributed by atoms with E-state index >= 15 is 0 Å². The Bertz CT molecular complexity index is 360. The molecule has 0 saturated heterocycles. The van der Waals surface area contributed by atoms with Crippen LogP contribution >= 0.6 is 0 Å². The highest BCUT2D eigenvalue weighted by molar-refractivity contribution is 6.93. The van der Waals surface area contributed by atoms with E-state index in [9.17, 15) is 0 Å². The van der Waals surface area contributed by atoms with Crippen molar-refractivity contribution in [3.63, 3.8) is 0 Å². The van der Waals surface area contributed by atoms with E-state index in [1.165, 1.54) is 5.19 Å². The van der Waals surface area contributed by atoms with E-state index in [0.717, 1.165) is 24.9 Å². The van der Waals surface area contributed by atoms with Crippen LogP contribution in [0.25, 0.3) is 0 Å². The molecule has 0 atom stereocenters. The maximum Gasteiger partial charge on any atom is 0.103 e. The SMILES string of the molecule is [2H]/C(=C\CCCCO)[Si](C)(C)c1ccccc1. The number of allylic oxidation sites excluding steroid dienone is 1. The molecule has 1 aromatic carbocycles. The zero-order chi connectivity index (χ0) is 12.7. The molecule has 88 valence electrons. The van der Waals surface area contributed by atoms with Crippen molar-refractivity contribution in [1.82, 2.24) is 0 Å². The van der Waals surface area contributed by atoms with E-state index in [1.54, 1.807) is 0 Å². The molecule has 0 aliphatic carbocycles. The van der Waals surface area contributed by atoms with Gasteiger partial charge in [-0.3, -0.25) is 0 Å². The quantitative estimate of drug-likeness (QED) is 0.594. The van der Waals surface area contributed by atoms with Gasteiger partial charge in [0.05, 0.1) is 1.37 Å². The van der Waals surface area contributed by atoms with E-state index in [2.05, 4.69) is 25.2 Å². The van der Waals surface area contributed by atoms with Gasteiger partial charge in [0.25, 0.3) is 0 Å². The number of rotatable bonds is 6. The van der Waals surface area contributed by atoms with E-state index in [-0.39, 0.29) is 6.61 Å². The van der Waals surface area contributed by atoms with Crippen LogP contribution in [-0.2, 0) is 0 Å². The van der Waals surface area contributed by atoms with Crippen LogP contribution in [0, 0.1) is 0 Å². The van der Waals surface area contributed by atoms with Gasteiger partial charge in [0.2, 0.25) is 0 Å². The molecule has 0 aliphatic rings. The van der Waals surface area contributed by atoms with Gasteiger partial charge in [0.15, 0.2) is 0 Å². The first-order chi connectivity index (χ1) is 8.09. The lowest BCUT2D eigenvalue weighted by atomic mass is 10.2. The van der Waals surface area contributed by atoms with Crippen molar-refractivity contribution in [3.05, 3.63) is 42.1 Å². The maximum atomic E-state index is 8.71. The van der Waals surface area contributed by atoms with Crippen molar-refractivity contribution < 1.29 is 6.48 Å². The normalized spacial score (nSPS) is 13.7. The zero-order valence-electron chi connectivity index (χ0n) is 11.2. The highest BCUT2D eigenvalue weighted by Gasteiger charge is 2.18. The van der Waals surface area contributed by atoms with Gasteiger partial charge >= 0.3 is 0 Å². The molecular weight excluding hydrogens is 212 g/mol. The van der Waals surface area contributed by atoms with Crippen molar-refractivity contribution in [3.8, 4) is 0 Å². The van der Waals surface area contributed by atoms with Gasteiger partial charge in [0, 0.05) is 6.61 Å². The van der Waals surface area contributed by atoms with Gasteiger partial charge in [-0.1, -0.05) is 60.4 Å². The predicted octanol–water partition coefficient (Wildman–Crippen LogP) is 2.86. The molecule has 0 unspecified atom stereocenters. The minimum Gasteiger partial charge on any atom is -0.396 e.